The van der Waals surface area contributed by atoms with Crippen LogP contribution in [0, 0.1) is 6.92 Å². The summed E-state index contributed by atoms with van der Waals surface area (Å²) in [4.78, 5) is 21.6. The van der Waals surface area contributed by atoms with Crippen molar-refractivity contribution in [3.8, 4) is 0 Å². The van der Waals surface area contributed by atoms with E-state index in [2.05, 4.69) is 0 Å². The minimum absolute atomic E-state index is 0.114. The lowest BCUT2D eigenvalue weighted by Gasteiger charge is -2.22. The number of hydrogen-bond acceptors (Lipinski definition) is 4. The van der Waals surface area contributed by atoms with Crippen LogP contribution >= 0.6 is 34.5 Å². The Morgan fingerprint density at radius 1 is 1.12 bits per heavy atom. The third kappa shape index (κ3) is 4.18. The number of likely N-dealkylation sites (N-methyl/N-ethyl adjacent to an activating group) is 1. The molecule has 136 valence electrons. The van der Waals surface area contributed by atoms with Crippen LogP contribution in [0.4, 0.5) is 5.13 Å². The van der Waals surface area contributed by atoms with Gasteiger partial charge in [0.1, 0.15) is 0 Å². The van der Waals surface area contributed by atoms with Crippen LogP contribution in [0.5, 0.6) is 0 Å². The van der Waals surface area contributed by atoms with Crippen LogP contribution in [-0.4, -0.2) is 43.0 Å². The van der Waals surface area contributed by atoms with E-state index in [9.17, 15) is 4.79 Å². The molecule has 0 saturated carbocycles. The molecular formula is C19H19Cl2N3OS. The number of thiazole rings is 1. The van der Waals surface area contributed by atoms with Crippen molar-refractivity contribution in [2.24, 2.45) is 0 Å². The number of anilines is 1. The predicted octanol–water partition coefficient (Wildman–Crippen LogP) is 5.12. The first kappa shape index (κ1) is 19.1. The normalized spacial score (nSPS) is 11.3. The van der Waals surface area contributed by atoms with Crippen molar-refractivity contribution in [2.45, 2.75) is 6.92 Å². The number of benzene rings is 2. The van der Waals surface area contributed by atoms with E-state index in [-0.39, 0.29) is 5.91 Å². The van der Waals surface area contributed by atoms with E-state index in [0.29, 0.717) is 27.3 Å². The van der Waals surface area contributed by atoms with Gasteiger partial charge in [0, 0.05) is 28.7 Å². The zero-order chi connectivity index (χ0) is 18.8. The van der Waals surface area contributed by atoms with Gasteiger partial charge in [0.15, 0.2) is 5.13 Å². The summed E-state index contributed by atoms with van der Waals surface area (Å²) in [7, 11) is 3.95. The van der Waals surface area contributed by atoms with Gasteiger partial charge in [-0.25, -0.2) is 4.98 Å². The fourth-order valence-corrected chi connectivity index (χ4v) is 4.25. The van der Waals surface area contributed by atoms with Crippen LogP contribution in [0.25, 0.3) is 10.2 Å². The Kier molecular flexibility index (Phi) is 5.82. The first-order chi connectivity index (χ1) is 12.3. The molecular weight excluding hydrogens is 389 g/mol. The Morgan fingerprint density at radius 3 is 2.58 bits per heavy atom. The summed E-state index contributed by atoms with van der Waals surface area (Å²) in [6, 6.07) is 10.8. The zero-order valence-corrected chi connectivity index (χ0v) is 17.1. The molecule has 0 aliphatic rings. The number of nitrogens with zero attached hydrogens (tertiary/aromatic N) is 3. The fourth-order valence-electron chi connectivity index (χ4n) is 2.62. The van der Waals surface area contributed by atoms with E-state index in [1.54, 1.807) is 29.2 Å². The molecule has 0 radical (unpaired) electrons. The molecule has 0 aliphatic carbocycles. The maximum atomic E-state index is 13.1. The van der Waals surface area contributed by atoms with E-state index in [4.69, 9.17) is 28.2 Å². The fraction of sp³-hybridized carbons (Fsp3) is 0.263. The molecule has 0 N–H and O–H groups in total. The number of rotatable bonds is 5. The maximum absolute atomic E-state index is 13.1. The predicted molar refractivity (Wildman–Crippen MR) is 111 cm³/mol. The summed E-state index contributed by atoms with van der Waals surface area (Å²) >= 11 is 13.7. The third-order valence-corrected chi connectivity index (χ3v) is 5.44. The van der Waals surface area contributed by atoms with Gasteiger partial charge in [0.2, 0.25) is 0 Å². The van der Waals surface area contributed by atoms with Gasteiger partial charge in [-0.05, 0) is 56.9 Å². The number of aromatic nitrogens is 1. The Hall–Kier alpha value is -1.66. The summed E-state index contributed by atoms with van der Waals surface area (Å²) in [5.41, 5.74) is 2.42. The molecule has 26 heavy (non-hydrogen) atoms. The van der Waals surface area contributed by atoms with E-state index in [1.165, 1.54) is 11.3 Å². The zero-order valence-electron chi connectivity index (χ0n) is 14.8. The smallest absolute Gasteiger partial charge is 0.260 e. The molecule has 0 fully saturated rings. The van der Waals surface area contributed by atoms with E-state index < -0.39 is 0 Å². The third-order valence-electron chi connectivity index (χ3n) is 3.96. The highest BCUT2D eigenvalue weighted by Crippen LogP contribution is 2.33. The quantitative estimate of drug-likeness (QED) is 0.588. The van der Waals surface area contributed by atoms with Crippen LogP contribution in [0.15, 0.2) is 36.4 Å². The Labute approximate surface area is 167 Å². The van der Waals surface area contributed by atoms with Gasteiger partial charge in [-0.1, -0.05) is 40.6 Å². The standard InChI is InChI=1S/C19H19Cl2N3OS/c1-12-9-15(21)11-16-17(12)22-19(26-16)24(8-7-23(2)3)18(25)13-5-4-6-14(20)10-13/h4-6,9-11H,7-8H2,1-3H3. The van der Waals surface area contributed by atoms with Gasteiger partial charge in [-0.3, -0.25) is 9.69 Å². The molecule has 3 aromatic rings. The monoisotopic (exact) mass is 407 g/mol. The molecule has 4 nitrogen and oxygen atoms in total. The molecule has 0 atom stereocenters. The molecule has 3 rings (SSSR count). The van der Waals surface area contributed by atoms with E-state index >= 15 is 0 Å². The summed E-state index contributed by atoms with van der Waals surface area (Å²) in [5.74, 6) is -0.114. The molecule has 1 aromatic heterocycles. The van der Waals surface area contributed by atoms with E-state index in [1.807, 2.05) is 38.1 Å². The van der Waals surface area contributed by atoms with Crippen molar-refractivity contribution >= 4 is 55.8 Å². The Morgan fingerprint density at radius 2 is 1.88 bits per heavy atom. The van der Waals surface area contributed by atoms with Gasteiger partial charge >= 0.3 is 0 Å². The van der Waals surface area contributed by atoms with Crippen LogP contribution in [0.1, 0.15) is 15.9 Å². The number of fused-ring (bicyclic) bond motifs is 1. The molecule has 0 aliphatic heterocycles. The van der Waals surface area contributed by atoms with Crippen molar-refractivity contribution in [1.29, 1.82) is 0 Å². The van der Waals surface area contributed by atoms with Gasteiger partial charge in [-0.15, -0.1) is 0 Å². The first-order valence-electron chi connectivity index (χ1n) is 8.14. The molecule has 1 amide bonds. The largest absolute Gasteiger partial charge is 0.308 e. The second kappa shape index (κ2) is 7.92. The topological polar surface area (TPSA) is 36.4 Å². The molecule has 0 bridgehead atoms. The van der Waals surface area contributed by atoms with Gasteiger partial charge in [0.25, 0.3) is 5.91 Å². The van der Waals surface area contributed by atoms with Crippen molar-refractivity contribution in [3.63, 3.8) is 0 Å². The number of carbonyl (C=O) groups is 1. The summed E-state index contributed by atoms with van der Waals surface area (Å²) < 4.78 is 0.971. The number of halogens is 2. The molecule has 0 unspecified atom stereocenters. The minimum atomic E-state index is -0.114. The molecule has 1 heterocycles. The molecule has 7 heteroatoms. The second-order valence-electron chi connectivity index (χ2n) is 6.34. The SMILES string of the molecule is Cc1cc(Cl)cc2sc(N(CCN(C)C)C(=O)c3cccc(Cl)c3)nc12. The van der Waals surface area contributed by atoms with Crippen LogP contribution < -0.4 is 4.90 Å². The Bertz CT molecular complexity index is 955. The van der Waals surface area contributed by atoms with Crippen molar-refractivity contribution in [2.75, 3.05) is 32.1 Å². The lowest BCUT2D eigenvalue weighted by molar-refractivity contribution is 0.0985. The lowest BCUT2D eigenvalue weighted by atomic mass is 10.2. The second-order valence-corrected chi connectivity index (χ2v) is 8.22. The van der Waals surface area contributed by atoms with Gasteiger partial charge in [-0.2, -0.15) is 0 Å². The van der Waals surface area contributed by atoms with Gasteiger partial charge in [0.05, 0.1) is 10.2 Å². The number of aryl methyl sites for hydroxylation is 1. The molecule has 0 spiro atoms. The van der Waals surface area contributed by atoms with Crippen LogP contribution in [0.3, 0.4) is 0 Å². The summed E-state index contributed by atoms with van der Waals surface area (Å²) in [6.45, 7) is 3.23. The minimum Gasteiger partial charge on any atom is -0.308 e. The maximum Gasteiger partial charge on any atom is 0.260 e. The van der Waals surface area contributed by atoms with Crippen molar-refractivity contribution in [3.05, 3.63) is 57.6 Å². The first-order valence-corrected chi connectivity index (χ1v) is 9.71. The lowest BCUT2D eigenvalue weighted by Crippen LogP contribution is -2.36. The van der Waals surface area contributed by atoms with Crippen molar-refractivity contribution in [1.82, 2.24) is 9.88 Å². The Balaban J connectivity index is 2.03. The molecule has 2 aromatic carbocycles. The van der Waals surface area contributed by atoms with Gasteiger partial charge < -0.3 is 4.90 Å². The summed E-state index contributed by atoms with van der Waals surface area (Å²) in [6.07, 6.45) is 0. The van der Waals surface area contributed by atoms with Crippen molar-refractivity contribution < 1.29 is 4.79 Å². The summed E-state index contributed by atoms with van der Waals surface area (Å²) in [5, 5.41) is 1.87. The number of carbonyl (C=O) groups excluding carboxylic acids is 1. The van der Waals surface area contributed by atoms with Crippen LogP contribution in [-0.2, 0) is 0 Å². The number of amides is 1. The average Bonchev–Trinajstić information content (AvgIpc) is 2.98. The highest BCUT2D eigenvalue weighted by molar-refractivity contribution is 7.22. The van der Waals surface area contributed by atoms with Crippen LogP contribution in [0.2, 0.25) is 10.0 Å². The number of hydrogen-bond donors (Lipinski definition) is 0. The average molecular weight is 408 g/mol. The highest BCUT2D eigenvalue weighted by atomic mass is 35.5. The molecule has 0 saturated heterocycles. The highest BCUT2D eigenvalue weighted by Gasteiger charge is 2.22. The van der Waals surface area contributed by atoms with E-state index in [0.717, 1.165) is 22.3 Å².